The van der Waals surface area contributed by atoms with Gasteiger partial charge in [-0.15, -0.1) is 0 Å². The maximum absolute atomic E-state index is 5.85. The lowest BCUT2D eigenvalue weighted by atomic mass is 9.92. The summed E-state index contributed by atoms with van der Waals surface area (Å²) in [6.45, 7) is 7.54. The van der Waals surface area contributed by atoms with Crippen LogP contribution in [-0.2, 0) is 6.54 Å². The Morgan fingerprint density at radius 3 is 2.52 bits per heavy atom. The van der Waals surface area contributed by atoms with Crippen LogP contribution in [-0.4, -0.2) is 38.2 Å². The van der Waals surface area contributed by atoms with E-state index in [2.05, 4.69) is 41.4 Å². The maximum Gasteiger partial charge on any atom is 0.119 e. The summed E-state index contributed by atoms with van der Waals surface area (Å²) in [6, 6.07) is 8.39. The average Bonchev–Trinajstić information content (AvgIpc) is 2.51. The standard InChI is InChI=1S/C18H30N2O/c1-3-4-16-9-11-20(12-10-16)13-14-21-18-7-5-17(6-8-18)15-19-2/h5-8,16,19H,3-4,9-15H2,1-2H3. The van der Waals surface area contributed by atoms with Gasteiger partial charge in [0.15, 0.2) is 0 Å². The molecule has 3 heteroatoms. The summed E-state index contributed by atoms with van der Waals surface area (Å²) in [5, 5.41) is 3.15. The molecule has 0 aliphatic carbocycles. The molecule has 0 bridgehead atoms. The first kappa shape index (κ1) is 16.3. The number of nitrogens with one attached hydrogen (secondary N) is 1. The fourth-order valence-electron chi connectivity index (χ4n) is 3.11. The lowest BCUT2D eigenvalue weighted by Crippen LogP contribution is -2.36. The number of hydrogen-bond acceptors (Lipinski definition) is 3. The Hall–Kier alpha value is -1.06. The summed E-state index contributed by atoms with van der Waals surface area (Å²) in [4.78, 5) is 2.54. The van der Waals surface area contributed by atoms with Crippen molar-refractivity contribution in [2.75, 3.05) is 33.3 Å². The zero-order valence-corrected chi connectivity index (χ0v) is 13.6. The lowest BCUT2D eigenvalue weighted by Gasteiger charge is -2.31. The second-order valence-electron chi connectivity index (χ2n) is 6.10. The molecule has 1 aromatic rings. The topological polar surface area (TPSA) is 24.5 Å². The van der Waals surface area contributed by atoms with Crippen LogP contribution in [0.2, 0.25) is 0 Å². The smallest absolute Gasteiger partial charge is 0.119 e. The SMILES string of the molecule is CCCC1CCN(CCOc2ccc(CNC)cc2)CC1. The molecule has 0 saturated carbocycles. The van der Waals surface area contributed by atoms with Crippen LogP contribution in [0, 0.1) is 5.92 Å². The van der Waals surface area contributed by atoms with E-state index in [1.807, 2.05) is 7.05 Å². The minimum atomic E-state index is 0.795. The molecule has 0 unspecified atom stereocenters. The predicted molar refractivity (Wildman–Crippen MR) is 88.8 cm³/mol. The molecule has 0 amide bonds. The van der Waals surface area contributed by atoms with Crippen LogP contribution >= 0.6 is 0 Å². The van der Waals surface area contributed by atoms with Crippen molar-refractivity contribution in [2.45, 2.75) is 39.2 Å². The van der Waals surface area contributed by atoms with Gasteiger partial charge in [-0.25, -0.2) is 0 Å². The predicted octanol–water partition coefficient (Wildman–Crippen LogP) is 3.30. The number of nitrogens with zero attached hydrogens (tertiary/aromatic N) is 1. The molecular weight excluding hydrogens is 260 g/mol. The van der Waals surface area contributed by atoms with Gasteiger partial charge in [0.1, 0.15) is 12.4 Å². The molecule has 0 radical (unpaired) electrons. The van der Waals surface area contributed by atoms with Crippen LogP contribution in [0.15, 0.2) is 24.3 Å². The van der Waals surface area contributed by atoms with Gasteiger partial charge in [-0.1, -0.05) is 31.9 Å². The van der Waals surface area contributed by atoms with Crippen molar-refractivity contribution in [1.29, 1.82) is 0 Å². The van der Waals surface area contributed by atoms with E-state index >= 15 is 0 Å². The molecule has 1 aromatic carbocycles. The van der Waals surface area contributed by atoms with Crippen LogP contribution in [0.1, 0.15) is 38.2 Å². The summed E-state index contributed by atoms with van der Waals surface area (Å²) in [5.74, 6) is 1.95. The Kier molecular flexibility index (Phi) is 7.04. The van der Waals surface area contributed by atoms with Gasteiger partial charge >= 0.3 is 0 Å². The molecule has 21 heavy (non-hydrogen) atoms. The van der Waals surface area contributed by atoms with Gasteiger partial charge in [-0.2, -0.15) is 0 Å². The largest absolute Gasteiger partial charge is 0.492 e. The van der Waals surface area contributed by atoms with E-state index in [4.69, 9.17) is 4.74 Å². The fourth-order valence-corrected chi connectivity index (χ4v) is 3.11. The molecule has 1 N–H and O–H groups in total. The second-order valence-corrected chi connectivity index (χ2v) is 6.10. The van der Waals surface area contributed by atoms with Crippen molar-refractivity contribution in [2.24, 2.45) is 5.92 Å². The highest BCUT2D eigenvalue weighted by molar-refractivity contribution is 5.27. The first-order valence-corrected chi connectivity index (χ1v) is 8.40. The quantitative estimate of drug-likeness (QED) is 0.795. The van der Waals surface area contributed by atoms with Crippen molar-refractivity contribution < 1.29 is 4.74 Å². The highest BCUT2D eigenvalue weighted by Crippen LogP contribution is 2.21. The zero-order valence-electron chi connectivity index (χ0n) is 13.6. The van der Waals surface area contributed by atoms with Gasteiger partial charge in [0, 0.05) is 13.1 Å². The maximum atomic E-state index is 5.85. The van der Waals surface area contributed by atoms with Crippen molar-refractivity contribution in [3.8, 4) is 5.75 Å². The normalized spacial score (nSPS) is 17.0. The molecule has 1 aliphatic heterocycles. The van der Waals surface area contributed by atoms with E-state index in [1.54, 1.807) is 0 Å². The van der Waals surface area contributed by atoms with E-state index in [9.17, 15) is 0 Å². The molecular formula is C18H30N2O. The molecule has 1 aliphatic rings. The van der Waals surface area contributed by atoms with E-state index in [0.29, 0.717) is 0 Å². The van der Waals surface area contributed by atoms with Crippen LogP contribution in [0.5, 0.6) is 5.75 Å². The summed E-state index contributed by atoms with van der Waals surface area (Å²) in [7, 11) is 1.97. The second kappa shape index (κ2) is 9.06. The van der Waals surface area contributed by atoms with Crippen LogP contribution in [0.4, 0.5) is 0 Å². The number of benzene rings is 1. The van der Waals surface area contributed by atoms with Gasteiger partial charge in [0.2, 0.25) is 0 Å². The summed E-state index contributed by atoms with van der Waals surface area (Å²) >= 11 is 0. The van der Waals surface area contributed by atoms with Crippen LogP contribution in [0.25, 0.3) is 0 Å². The molecule has 2 rings (SSSR count). The summed E-state index contributed by atoms with van der Waals surface area (Å²) < 4.78 is 5.85. The Bertz CT molecular complexity index is 383. The first-order chi connectivity index (χ1) is 10.3. The third-order valence-corrected chi connectivity index (χ3v) is 4.38. The fraction of sp³-hybridized carbons (Fsp3) is 0.667. The number of piperidine rings is 1. The minimum absolute atomic E-state index is 0.795. The first-order valence-electron chi connectivity index (χ1n) is 8.40. The summed E-state index contributed by atoms with van der Waals surface area (Å²) in [6.07, 6.45) is 5.47. The van der Waals surface area contributed by atoms with Gasteiger partial charge in [0.25, 0.3) is 0 Å². The Balaban J connectivity index is 1.63. The number of likely N-dealkylation sites (tertiary alicyclic amines) is 1. The van der Waals surface area contributed by atoms with Gasteiger partial charge in [0.05, 0.1) is 0 Å². The van der Waals surface area contributed by atoms with Crippen molar-refractivity contribution in [1.82, 2.24) is 10.2 Å². The van der Waals surface area contributed by atoms with Crippen LogP contribution < -0.4 is 10.1 Å². The van der Waals surface area contributed by atoms with Crippen molar-refractivity contribution in [3.05, 3.63) is 29.8 Å². The molecule has 0 atom stereocenters. The molecule has 0 spiro atoms. The Morgan fingerprint density at radius 2 is 1.90 bits per heavy atom. The van der Waals surface area contributed by atoms with Crippen molar-refractivity contribution >= 4 is 0 Å². The molecule has 1 saturated heterocycles. The number of ether oxygens (including phenoxy) is 1. The van der Waals surface area contributed by atoms with Gasteiger partial charge in [-0.3, -0.25) is 4.90 Å². The number of rotatable bonds is 8. The Labute approximate surface area is 129 Å². The van der Waals surface area contributed by atoms with E-state index in [0.717, 1.165) is 31.4 Å². The molecule has 1 heterocycles. The monoisotopic (exact) mass is 290 g/mol. The lowest BCUT2D eigenvalue weighted by molar-refractivity contribution is 0.151. The highest BCUT2D eigenvalue weighted by Gasteiger charge is 2.17. The van der Waals surface area contributed by atoms with Gasteiger partial charge in [-0.05, 0) is 56.6 Å². The molecule has 118 valence electrons. The molecule has 1 fully saturated rings. The number of hydrogen-bond donors (Lipinski definition) is 1. The minimum Gasteiger partial charge on any atom is -0.492 e. The van der Waals surface area contributed by atoms with E-state index < -0.39 is 0 Å². The third kappa shape index (κ3) is 5.68. The summed E-state index contributed by atoms with van der Waals surface area (Å²) in [5.41, 5.74) is 1.29. The van der Waals surface area contributed by atoms with E-state index in [1.165, 1.54) is 44.3 Å². The third-order valence-electron chi connectivity index (χ3n) is 4.38. The van der Waals surface area contributed by atoms with Gasteiger partial charge < -0.3 is 10.1 Å². The molecule has 3 nitrogen and oxygen atoms in total. The van der Waals surface area contributed by atoms with Crippen LogP contribution in [0.3, 0.4) is 0 Å². The highest BCUT2D eigenvalue weighted by atomic mass is 16.5. The Morgan fingerprint density at radius 1 is 1.19 bits per heavy atom. The van der Waals surface area contributed by atoms with Crippen molar-refractivity contribution in [3.63, 3.8) is 0 Å². The average molecular weight is 290 g/mol. The van der Waals surface area contributed by atoms with E-state index in [-0.39, 0.29) is 0 Å². The zero-order chi connectivity index (χ0) is 14.9. The molecule has 0 aromatic heterocycles.